The van der Waals surface area contributed by atoms with Crippen LogP contribution < -0.4 is 4.18 Å². The van der Waals surface area contributed by atoms with Crippen LogP contribution in [0.5, 0.6) is 5.75 Å². The highest BCUT2D eigenvalue weighted by molar-refractivity contribution is 7.88. The molecule has 1 rings (SSSR count). The maximum Gasteiger partial charge on any atom is 0.534 e. The Bertz CT molecular complexity index is 516. The van der Waals surface area contributed by atoms with E-state index in [1.165, 1.54) is 0 Å². The molecule has 0 aliphatic rings. The predicted octanol–water partition coefficient (Wildman–Crippen LogP) is 1.76. The zero-order valence-electron chi connectivity index (χ0n) is 8.15. The molecule has 5 nitrogen and oxygen atoms in total. The number of hydrogen-bond acceptors (Lipinski definition) is 6. The highest BCUT2D eigenvalue weighted by Crippen LogP contribution is 2.31. The minimum Gasteiger partial charge on any atom is -0.465 e. The highest BCUT2D eigenvalue weighted by Gasteiger charge is 2.49. The fourth-order valence-corrected chi connectivity index (χ4v) is 2.02. The van der Waals surface area contributed by atoms with Gasteiger partial charge in [-0.05, 0) is 0 Å². The second kappa shape index (κ2) is 4.53. The smallest absolute Gasteiger partial charge is 0.465 e. The minimum absolute atomic E-state index is 0.384. The van der Waals surface area contributed by atoms with Crippen LogP contribution >= 0.6 is 11.3 Å². The molecule has 1 aromatic heterocycles. The number of esters is 1. The quantitative estimate of drug-likeness (QED) is 0.482. The summed E-state index contributed by atoms with van der Waals surface area (Å²) in [5, 5.41) is 2.07. The van der Waals surface area contributed by atoms with E-state index in [1.54, 1.807) is 0 Å². The highest BCUT2D eigenvalue weighted by atomic mass is 32.2. The lowest BCUT2D eigenvalue weighted by molar-refractivity contribution is -0.0500. The molecule has 17 heavy (non-hydrogen) atoms. The molecule has 0 atom stereocenters. The van der Waals surface area contributed by atoms with Crippen LogP contribution in [0.15, 0.2) is 10.8 Å². The van der Waals surface area contributed by atoms with E-state index >= 15 is 0 Å². The molecule has 0 radical (unpaired) electrons. The van der Waals surface area contributed by atoms with Crippen molar-refractivity contribution in [1.29, 1.82) is 0 Å². The van der Waals surface area contributed by atoms with E-state index in [0.29, 0.717) is 0 Å². The molecule has 0 amide bonds. The second-order valence-corrected chi connectivity index (χ2v) is 4.91. The third-order valence-electron chi connectivity index (χ3n) is 1.51. The molecule has 0 saturated heterocycles. The van der Waals surface area contributed by atoms with Gasteiger partial charge in [0.15, 0.2) is 5.75 Å². The van der Waals surface area contributed by atoms with Gasteiger partial charge in [-0.15, -0.1) is 11.3 Å². The first kappa shape index (κ1) is 13.8. The van der Waals surface area contributed by atoms with Crippen molar-refractivity contribution < 1.29 is 35.3 Å². The van der Waals surface area contributed by atoms with E-state index in [9.17, 15) is 26.4 Å². The van der Waals surface area contributed by atoms with E-state index in [-0.39, 0.29) is 5.56 Å². The first-order valence-electron chi connectivity index (χ1n) is 3.84. The molecule has 0 spiro atoms. The third-order valence-corrected chi connectivity index (χ3v) is 3.20. The Kier molecular flexibility index (Phi) is 3.67. The van der Waals surface area contributed by atoms with Crippen molar-refractivity contribution in [3.63, 3.8) is 0 Å². The summed E-state index contributed by atoms with van der Waals surface area (Å²) in [5.41, 5.74) is -5.94. The second-order valence-electron chi connectivity index (χ2n) is 2.62. The first-order chi connectivity index (χ1) is 7.69. The van der Waals surface area contributed by atoms with Crippen LogP contribution in [0.4, 0.5) is 13.2 Å². The number of halogens is 3. The summed E-state index contributed by atoms with van der Waals surface area (Å²) >= 11 is 0.804. The van der Waals surface area contributed by atoms with E-state index in [1.807, 2.05) is 0 Å². The van der Waals surface area contributed by atoms with Crippen molar-refractivity contribution in [1.82, 2.24) is 0 Å². The molecule has 0 N–H and O–H groups in total. The molecular formula is C7H5F3O5S2. The molecule has 0 bridgehead atoms. The van der Waals surface area contributed by atoms with Gasteiger partial charge in [0, 0.05) is 10.8 Å². The third kappa shape index (κ3) is 2.88. The van der Waals surface area contributed by atoms with Crippen LogP contribution in [0.1, 0.15) is 10.4 Å². The molecule has 96 valence electrons. The number of rotatable bonds is 3. The summed E-state index contributed by atoms with van der Waals surface area (Å²) in [6, 6.07) is 0. The van der Waals surface area contributed by atoms with Crippen LogP contribution in [-0.2, 0) is 14.9 Å². The fourth-order valence-electron chi connectivity index (χ4n) is 0.774. The summed E-state index contributed by atoms with van der Waals surface area (Å²) in [4.78, 5) is 11.1. The van der Waals surface area contributed by atoms with Gasteiger partial charge >= 0.3 is 21.6 Å². The van der Waals surface area contributed by atoms with Gasteiger partial charge < -0.3 is 8.92 Å². The van der Waals surface area contributed by atoms with Crippen molar-refractivity contribution in [3.05, 3.63) is 16.3 Å². The zero-order valence-corrected chi connectivity index (χ0v) is 9.78. The lowest BCUT2D eigenvalue weighted by Crippen LogP contribution is -2.28. The van der Waals surface area contributed by atoms with Crippen LogP contribution in [0, 0.1) is 0 Å². The molecule has 1 aromatic rings. The van der Waals surface area contributed by atoms with E-state index in [4.69, 9.17) is 0 Å². The Labute approximate surface area is 97.9 Å². The van der Waals surface area contributed by atoms with Crippen molar-refractivity contribution in [2.24, 2.45) is 0 Å². The van der Waals surface area contributed by atoms with Crippen molar-refractivity contribution in [2.45, 2.75) is 5.51 Å². The van der Waals surface area contributed by atoms with Gasteiger partial charge in [-0.25, -0.2) is 4.79 Å². The monoisotopic (exact) mass is 290 g/mol. The maximum atomic E-state index is 12.0. The Morgan fingerprint density at radius 2 is 1.94 bits per heavy atom. The molecular weight excluding hydrogens is 285 g/mol. The molecule has 0 aliphatic heterocycles. The average Bonchev–Trinajstić information content (AvgIpc) is 2.62. The summed E-state index contributed by atoms with van der Waals surface area (Å²) in [6.45, 7) is 0. The Morgan fingerprint density at radius 3 is 2.41 bits per heavy atom. The van der Waals surface area contributed by atoms with Crippen LogP contribution in [0.25, 0.3) is 0 Å². The van der Waals surface area contributed by atoms with E-state index in [0.717, 1.165) is 29.2 Å². The summed E-state index contributed by atoms with van der Waals surface area (Å²) in [5.74, 6) is -1.70. The van der Waals surface area contributed by atoms with Crippen LogP contribution in [-0.4, -0.2) is 27.0 Å². The van der Waals surface area contributed by atoms with Gasteiger partial charge in [0.2, 0.25) is 0 Å². The van der Waals surface area contributed by atoms with Gasteiger partial charge in [0.05, 0.1) is 7.11 Å². The van der Waals surface area contributed by atoms with E-state index < -0.39 is 27.3 Å². The zero-order chi connectivity index (χ0) is 13.3. The SMILES string of the molecule is COC(=O)c1cscc1OS(=O)(=O)C(F)(F)F. The Balaban J connectivity index is 3.06. The van der Waals surface area contributed by atoms with Crippen molar-refractivity contribution in [2.75, 3.05) is 7.11 Å². The lowest BCUT2D eigenvalue weighted by atomic mass is 10.3. The Hall–Kier alpha value is -1.29. The van der Waals surface area contributed by atoms with Gasteiger partial charge in [0.25, 0.3) is 0 Å². The standard InChI is InChI=1S/C7H5F3O5S2/c1-14-6(11)4-2-16-3-5(4)15-17(12,13)7(8,9)10/h2-3H,1H3. The van der Waals surface area contributed by atoms with Gasteiger partial charge in [-0.2, -0.15) is 21.6 Å². The number of hydrogen-bond donors (Lipinski definition) is 0. The summed E-state index contributed by atoms with van der Waals surface area (Å²) in [6.07, 6.45) is 0. The molecule has 10 heteroatoms. The van der Waals surface area contributed by atoms with E-state index in [2.05, 4.69) is 8.92 Å². The maximum absolute atomic E-state index is 12.0. The number of ether oxygens (including phenoxy) is 1. The molecule has 0 aromatic carbocycles. The van der Waals surface area contributed by atoms with Crippen LogP contribution in [0.2, 0.25) is 0 Å². The van der Waals surface area contributed by atoms with Gasteiger partial charge in [-0.1, -0.05) is 0 Å². The van der Waals surface area contributed by atoms with Gasteiger partial charge in [-0.3, -0.25) is 0 Å². The average molecular weight is 290 g/mol. The number of carbonyl (C=O) groups is 1. The van der Waals surface area contributed by atoms with Crippen LogP contribution in [0.3, 0.4) is 0 Å². The largest absolute Gasteiger partial charge is 0.534 e. The number of alkyl halides is 3. The number of methoxy groups -OCH3 is 1. The molecule has 0 saturated carbocycles. The number of thiophene rings is 1. The topological polar surface area (TPSA) is 69.7 Å². The number of carbonyl (C=O) groups excluding carboxylic acids is 1. The normalized spacial score (nSPS) is 12.2. The van der Waals surface area contributed by atoms with Crippen molar-refractivity contribution >= 4 is 27.4 Å². The Morgan fingerprint density at radius 1 is 1.35 bits per heavy atom. The summed E-state index contributed by atoms with van der Waals surface area (Å²) in [7, 11) is -4.78. The molecule has 0 aliphatic carbocycles. The fraction of sp³-hybridized carbons (Fsp3) is 0.286. The first-order valence-corrected chi connectivity index (χ1v) is 6.19. The summed E-state index contributed by atoms with van der Waals surface area (Å²) < 4.78 is 65.5. The molecule has 0 unspecified atom stereocenters. The molecule has 0 fully saturated rings. The van der Waals surface area contributed by atoms with Crippen molar-refractivity contribution in [3.8, 4) is 5.75 Å². The predicted molar refractivity (Wildman–Crippen MR) is 51.3 cm³/mol. The minimum atomic E-state index is -5.79. The lowest BCUT2D eigenvalue weighted by Gasteiger charge is -2.09. The molecule has 1 heterocycles. The van der Waals surface area contributed by atoms with Gasteiger partial charge in [0.1, 0.15) is 5.56 Å².